The smallest absolute Gasteiger partial charge is 0.103 e. The zero-order valence-electron chi connectivity index (χ0n) is 3.69. The van der Waals surface area contributed by atoms with Crippen LogP contribution in [0.1, 0.15) is 6.42 Å². The maximum atomic E-state index is 11.4. The summed E-state index contributed by atoms with van der Waals surface area (Å²) in [6.07, 6.45) is 0.247. The molecule has 0 rings (SSSR count). The van der Waals surface area contributed by atoms with Crippen LogP contribution in [0.15, 0.2) is 0 Å². The normalized spacial score (nSPS) is 12.7. The summed E-state index contributed by atoms with van der Waals surface area (Å²) < 4.78 is 11.4. The minimum absolute atomic E-state index is 0.247. The summed E-state index contributed by atoms with van der Waals surface area (Å²) in [5, 5.41) is 7.92. The molecule has 7 heavy (non-hydrogen) atoms. The number of hydrogen-bond acceptors (Lipinski definition) is 1. The molecule has 0 aromatic heterocycles. The number of nitrogens with zero attached hydrogens (tertiary/aromatic N) is 1. The van der Waals surface area contributed by atoms with Gasteiger partial charge in [-0.25, -0.2) is 4.39 Å². The Morgan fingerprint density at radius 2 is 2.43 bits per heavy atom. The van der Waals surface area contributed by atoms with Crippen molar-refractivity contribution in [3.8, 4) is 6.07 Å². The predicted molar refractivity (Wildman–Crippen MR) is 28.9 cm³/mol. The van der Waals surface area contributed by atoms with Crippen molar-refractivity contribution in [2.75, 3.05) is 6.67 Å². The molecule has 0 heterocycles. The third kappa shape index (κ3) is 3.74. The van der Waals surface area contributed by atoms with Gasteiger partial charge in [-0.15, -0.1) is 0 Å². The molecule has 0 aromatic rings. The molecule has 0 fully saturated rings. The van der Waals surface area contributed by atoms with Crippen molar-refractivity contribution in [3.63, 3.8) is 0 Å². The van der Waals surface area contributed by atoms with E-state index in [4.69, 9.17) is 5.26 Å². The van der Waals surface area contributed by atoms with Crippen LogP contribution in [0.5, 0.6) is 0 Å². The fourth-order valence-corrected chi connectivity index (χ4v) is 0.298. The summed E-state index contributed by atoms with van der Waals surface area (Å²) >= 11 is 2.94. The zero-order valence-corrected chi connectivity index (χ0v) is 5.28. The Morgan fingerprint density at radius 3 is 2.57 bits per heavy atom. The first-order chi connectivity index (χ1) is 3.31. The summed E-state index contributed by atoms with van der Waals surface area (Å²) in [6, 6.07) is 1.83. The maximum Gasteiger partial charge on any atom is 0.103 e. The Morgan fingerprint density at radius 1 is 1.86 bits per heavy atom. The van der Waals surface area contributed by atoms with E-state index in [9.17, 15) is 4.39 Å². The second-order valence-electron chi connectivity index (χ2n) is 1.11. The highest BCUT2D eigenvalue weighted by molar-refractivity contribution is 9.09. The number of hydrogen-bond donors (Lipinski definition) is 0. The van der Waals surface area contributed by atoms with E-state index in [0.717, 1.165) is 0 Å². The van der Waals surface area contributed by atoms with Crippen LogP contribution >= 0.6 is 15.9 Å². The third-order valence-electron chi connectivity index (χ3n) is 0.480. The molecule has 3 heteroatoms. The molecular weight excluding hydrogens is 161 g/mol. The van der Waals surface area contributed by atoms with Crippen molar-refractivity contribution in [2.24, 2.45) is 0 Å². The van der Waals surface area contributed by atoms with Gasteiger partial charge >= 0.3 is 0 Å². The lowest BCUT2D eigenvalue weighted by Crippen LogP contribution is -1.96. The highest BCUT2D eigenvalue weighted by atomic mass is 79.9. The molecule has 0 radical (unpaired) electrons. The molecule has 0 spiro atoms. The fraction of sp³-hybridized carbons (Fsp3) is 0.750. The molecule has 0 aliphatic carbocycles. The summed E-state index contributed by atoms with van der Waals surface area (Å²) in [6.45, 7) is -0.465. The Kier molecular flexibility index (Phi) is 4.01. The molecule has 1 nitrogen and oxygen atoms in total. The molecule has 0 bridgehead atoms. The second-order valence-corrected chi connectivity index (χ2v) is 2.41. The first kappa shape index (κ1) is 6.90. The molecule has 0 amide bonds. The van der Waals surface area contributed by atoms with Crippen LogP contribution in [0.4, 0.5) is 4.39 Å². The average Bonchev–Trinajstić information content (AvgIpc) is 1.68. The van der Waals surface area contributed by atoms with Gasteiger partial charge in [-0.1, -0.05) is 15.9 Å². The van der Waals surface area contributed by atoms with Gasteiger partial charge in [0.05, 0.1) is 17.3 Å². The van der Waals surface area contributed by atoms with Crippen molar-refractivity contribution < 1.29 is 4.39 Å². The molecule has 1 unspecified atom stereocenters. The van der Waals surface area contributed by atoms with Crippen molar-refractivity contribution in [1.82, 2.24) is 0 Å². The van der Waals surface area contributed by atoms with Crippen LogP contribution in [0.3, 0.4) is 0 Å². The first-order valence-electron chi connectivity index (χ1n) is 1.88. The highest BCUT2D eigenvalue weighted by Crippen LogP contribution is 2.02. The topological polar surface area (TPSA) is 23.8 Å². The van der Waals surface area contributed by atoms with E-state index >= 15 is 0 Å². The fourth-order valence-electron chi connectivity index (χ4n) is 0.154. The van der Waals surface area contributed by atoms with Crippen molar-refractivity contribution in [3.05, 3.63) is 0 Å². The number of nitriles is 1. The summed E-state index contributed by atoms with van der Waals surface area (Å²) in [5.74, 6) is 0. The zero-order chi connectivity index (χ0) is 5.70. The van der Waals surface area contributed by atoms with E-state index in [1.807, 2.05) is 6.07 Å². The summed E-state index contributed by atoms with van der Waals surface area (Å²) in [7, 11) is 0. The van der Waals surface area contributed by atoms with Gasteiger partial charge in [-0.2, -0.15) is 5.26 Å². The van der Waals surface area contributed by atoms with E-state index in [1.165, 1.54) is 0 Å². The molecule has 0 aromatic carbocycles. The average molecular weight is 166 g/mol. The third-order valence-corrected chi connectivity index (χ3v) is 1.05. The summed E-state index contributed by atoms with van der Waals surface area (Å²) in [5.41, 5.74) is 0. The lowest BCUT2D eigenvalue weighted by atomic mass is 10.4. The van der Waals surface area contributed by atoms with E-state index in [0.29, 0.717) is 0 Å². The molecular formula is C4H5BrFN. The van der Waals surface area contributed by atoms with Gasteiger partial charge < -0.3 is 0 Å². The molecule has 1 atom stereocenters. The van der Waals surface area contributed by atoms with E-state index < -0.39 is 6.67 Å². The van der Waals surface area contributed by atoms with Crippen LogP contribution in [-0.4, -0.2) is 11.5 Å². The standard InChI is InChI=1S/C4H5BrFN/c5-4(3-6)1-2-7/h4H,1,3H2. The van der Waals surface area contributed by atoms with Crippen molar-refractivity contribution in [1.29, 1.82) is 5.26 Å². The lowest BCUT2D eigenvalue weighted by Gasteiger charge is -1.91. The first-order valence-corrected chi connectivity index (χ1v) is 2.79. The maximum absolute atomic E-state index is 11.4. The van der Waals surface area contributed by atoms with Gasteiger partial charge in [-0.05, 0) is 0 Å². The van der Waals surface area contributed by atoms with Gasteiger partial charge in [-0.3, -0.25) is 0 Å². The van der Waals surface area contributed by atoms with Gasteiger partial charge in [0.25, 0.3) is 0 Å². The predicted octanol–water partition coefficient (Wildman–Crippen LogP) is 1.63. The molecule has 0 aliphatic heterocycles. The van der Waals surface area contributed by atoms with Crippen LogP contribution in [-0.2, 0) is 0 Å². The molecule has 0 saturated carbocycles. The monoisotopic (exact) mass is 165 g/mol. The van der Waals surface area contributed by atoms with E-state index in [2.05, 4.69) is 15.9 Å². The molecule has 0 saturated heterocycles. The van der Waals surface area contributed by atoms with Gasteiger partial charge in [0.15, 0.2) is 0 Å². The highest BCUT2D eigenvalue weighted by Gasteiger charge is 1.98. The van der Waals surface area contributed by atoms with Gasteiger partial charge in [0.2, 0.25) is 0 Å². The van der Waals surface area contributed by atoms with Crippen LogP contribution in [0, 0.1) is 11.3 Å². The molecule has 0 N–H and O–H groups in total. The van der Waals surface area contributed by atoms with Gasteiger partial charge in [0.1, 0.15) is 6.67 Å². The Bertz CT molecular complexity index is 78.2. The second kappa shape index (κ2) is 4.07. The Hall–Kier alpha value is -0.100. The minimum Gasteiger partial charge on any atom is -0.250 e. The number of rotatable bonds is 2. The number of halogens is 2. The summed E-state index contributed by atoms with van der Waals surface area (Å²) in [4.78, 5) is -0.266. The molecule has 0 aliphatic rings. The SMILES string of the molecule is N#CCC(Br)CF. The quantitative estimate of drug-likeness (QED) is 0.572. The largest absolute Gasteiger partial charge is 0.250 e. The van der Waals surface area contributed by atoms with Crippen LogP contribution in [0.2, 0.25) is 0 Å². The lowest BCUT2D eigenvalue weighted by molar-refractivity contribution is 0.489. The molecule has 40 valence electrons. The van der Waals surface area contributed by atoms with E-state index in [1.54, 1.807) is 0 Å². The van der Waals surface area contributed by atoms with E-state index in [-0.39, 0.29) is 11.2 Å². The minimum atomic E-state index is -0.465. The number of alkyl halides is 2. The Labute approximate surface area is 50.3 Å². The van der Waals surface area contributed by atoms with Crippen LogP contribution in [0.25, 0.3) is 0 Å². The van der Waals surface area contributed by atoms with Crippen LogP contribution < -0.4 is 0 Å². The van der Waals surface area contributed by atoms with Crippen molar-refractivity contribution >= 4 is 15.9 Å². The van der Waals surface area contributed by atoms with Crippen molar-refractivity contribution in [2.45, 2.75) is 11.2 Å². The Balaban J connectivity index is 3.03. The van der Waals surface area contributed by atoms with Gasteiger partial charge in [0, 0.05) is 0 Å².